The second-order valence-corrected chi connectivity index (χ2v) is 5.46. The van der Waals surface area contributed by atoms with E-state index >= 15 is 0 Å². The first-order valence-corrected chi connectivity index (χ1v) is 7.12. The number of aliphatic carboxylic acids is 1. The molecule has 2 unspecified atom stereocenters. The molecule has 6 nitrogen and oxygen atoms in total. The van der Waals surface area contributed by atoms with Crippen molar-refractivity contribution in [3.05, 3.63) is 33.9 Å². The average Bonchev–Trinajstić information content (AvgIpc) is 2.43. The number of hydrogen-bond donors (Lipinski definition) is 1. The van der Waals surface area contributed by atoms with E-state index < -0.39 is 16.4 Å². The van der Waals surface area contributed by atoms with Gasteiger partial charge in [-0.25, -0.2) is 0 Å². The van der Waals surface area contributed by atoms with Gasteiger partial charge in [0, 0.05) is 23.5 Å². The number of rotatable bonds is 9. The molecule has 6 heteroatoms. The predicted octanol–water partition coefficient (Wildman–Crippen LogP) is 2.76. The molecule has 0 heterocycles. The quantitative estimate of drug-likeness (QED) is 0.232. The van der Waals surface area contributed by atoms with Crippen LogP contribution in [0.1, 0.15) is 45.4 Å². The zero-order valence-corrected chi connectivity index (χ0v) is 12.2. The molecular weight excluding hydrogens is 274 g/mol. The lowest BCUT2D eigenvalue weighted by Crippen LogP contribution is -2.38. The SMILES string of the molecule is CC1=CC(C=O)([N+](=O)[O-])C=CC1CCCCCCC(=O)O. The summed E-state index contributed by atoms with van der Waals surface area (Å²) in [5.74, 6) is -0.647. The fourth-order valence-electron chi connectivity index (χ4n) is 2.49. The zero-order valence-electron chi connectivity index (χ0n) is 12.2. The van der Waals surface area contributed by atoms with Crippen LogP contribution < -0.4 is 0 Å². The minimum Gasteiger partial charge on any atom is -0.481 e. The van der Waals surface area contributed by atoms with Crippen molar-refractivity contribution in [2.75, 3.05) is 0 Å². The summed E-state index contributed by atoms with van der Waals surface area (Å²) in [6.45, 7) is 1.81. The molecule has 0 bridgehead atoms. The normalized spacial score (nSPS) is 24.4. The third-order valence-electron chi connectivity index (χ3n) is 3.80. The molecule has 0 saturated heterocycles. The molecule has 1 aliphatic rings. The van der Waals surface area contributed by atoms with E-state index in [9.17, 15) is 19.7 Å². The summed E-state index contributed by atoms with van der Waals surface area (Å²) < 4.78 is 0. The predicted molar refractivity (Wildman–Crippen MR) is 77.5 cm³/mol. The Hall–Kier alpha value is -1.98. The van der Waals surface area contributed by atoms with Crippen molar-refractivity contribution < 1.29 is 19.6 Å². The molecule has 2 atom stereocenters. The van der Waals surface area contributed by atoms with Crippen LogP contribution in [0, 0.1) is 16.0 Å². The van der Waals surface area contributed by atoms with Gasteiger partial charge in [-0.2, -0.15) is 0 Å². The molecule has 0 aromatic heterocycles. The van der Waals surface area contributed by atoms with Gasteiger partial charge in [0.15, 0.2) is 0 Å². The number of allylic oxidation sites excluding steroid dienone is 2. The Morgan fingerprint density at radius 2 is 2.10 bits per heavy atom. The summed E-state index contributed by atoms with van der Waals surface area (Å²) >= 11 is 0. The highest BCUT2D eigenvalue weighted by molar-refractivity contribution is 5.70. The van der Waals surface area contributed by atoms with Gasteiger partial charge < -0.3 is 5.11 Å². The van der Waals surface area contributed by atoms with Crippen molar-refractivity contribution in [2.45, 2.75) is 51.0 Å². The van der Waals surface area contributed by atoms with Crippen molar-refractivity contribution in [2.24, 2.45) is 5.92 Å². The van der Waals surface area contributed by atoms with Crippen LogP contribution in [0.5, 0.6) is 0 Å². The highest BCUT2D eigenvalue weighted by atomic mass is 16.6. The van der Waals surface area contributed by atoms with Gasteiger partial charge in [0.2, 0.25) is 6.29 Å². The number of hydrogen-bond acceptors (Lipinski definition) is 4. The van der Waals surface area contributed by atoms with E-state index in [1.165, 1.54) is 12.2 Å². The highest BCUT2D eigenvalue weighted by Crippen LogP contribution is 2.29. The molecule has 0 aliphatic heterocycles. The standard InChI is InChI=1S/C15H21NO5/c1-12-10-15(11-17,16(20)21)9-8-13(12)6-4-2-3-5-7-14(18)19/h8-11,13H,2-7H2,1H3,(H,18,19). The molecule has 0 aromatic carbocycles. The Kier molecular flexibility index (Phi) is 6.27. The summed E-state index contributed by atoms with van der Waals surface area (Å²) in [5, 5.41) is 19.5. The van der Waals surface area contributed by atoms with Crippen LogP contribution >= 0.6 is 0 Å². The fraction of sp³-hybridized carbons (Fsp3) is 0.600. The third-order valence-corrected chi connectivity index (χ3v) is 3.80. The van der Waals surface area contributed by atoms with E-state index in [2.05, 4.69) is 0 Å². The van der Waals surface area contributed by atoms with Gasteiger partial charge in [-0.1, -0.05) is 30.9 Å². The highest BCUT2D eigenvalue weighted by Gasteiger charge is 2.40. The van der Waals surface area contributed by atoms with Crippen molar-refractivity contribution in [3.8, 4) is 0 Å². The Bertz CT molecular complexity index is 469. The van der Waals surface area contributed by atoms with Gasteiger partial charge >= 0.3 is 11.5 Å². The summed E-state index contributed by atoms with van der Waals surface area (Å²) in [4.78, 5) is 31.7. The Balaban J connectivity index is 2.41. The topological polar surface area (TPSA) is 97.5 Å². The number of unbranched alkanes of at least 4 members (excludes halogenated alkanes) is 3. The van der Waals surface area contributed by atoms with Crippen LogP contribution in [0.2, 0.25) is 0 Å². The van der Waals surface area contributed by atoms with E-state index in [1.807, 2.05) is 0 Å². The first-order valence-electron chi connectivity index (χ1n) is 7.12. The number of nitrogens with zero attached hydrogens (tertiary/aromatic N) is 1. The van der Waals surface area contributed by atoms with Gasteiger partial charge in [0.05, 0.1) is 0 Å². The van der Waals surface area contributed by atoms with Gasteiger partial charge in [-0.3, -0.25) is 19.7 Å². The zero-order chi connectivity index (χ0) is 15.9. The van der Waals surface area contributed by atoms with Crippen LogP contribution in [0.25, 0.3) is 0 Å². The van der Waals surface area contributed by atoms with Crippen molar-refractivity contribution in [3.63, 3.8) is 0 Å². The lowest BCUT2D eigenvalue weighted by molar-refractivity contribution is -0.522. The molecular formula is C15H21NO5. The van der Waals surface area contributed by atoms with E-state index in [-0.39, 0.29) is 12.3 Å². The smallest absolute Gasteiger partial charge is 0.313 e. The fourth-order valence-corrected chi connectivity index (χ4v) is 2.49. The molecule has 1 N–H and O–H groups in total. The van der Waals surface area contributed by atoms with Crippen LogP contribution in [-0.4, -0.2) is 27.8 Å². The number of aldehydes is 1. The summed E-state index contributed by atoms with van der Waals surface area (Å²) in [6, 6.07) is 0. The van der Waals surface area contributed by atoms with E-state index in [0.29, 0.717) is 12.7 Å². The van der Waals surface area contributed by atoms with E-state index in [1.54, 1.807) is 13.0 Å². The Labute approximate surface area is 123 Å². The number of carboxylic acid groups (broad SMARTS) is 1. The number of nitro groups is 1. The van der Waals surface area contributed by atoms with Gasteiger partial charge in [-0.15, -0.1) is 0 Å². The molecule has 0 amide bonds. The molecule has 0 spiro atoms. The molecule has 116 valence electrons. The molecule has 21 heavy (non-hydrogen) atoms. The summed E-state index contributed by atoms with van der Waals surface area (Å²) in [7, 11) is 0. The van der Waals surface area contributed by atoms with Crippen LogP contribution in [0.4, 0.5) is 0 Å². The molecule has 1 rings (SSSR count). The first-order chi connectivity index (χ1) is 9.91. The lowest BCUT2D eigenvalue weighted by Gasteiger charge is -2.22. The van der Waals surface area contributed by atoms with Gasteiger partial charge in [0.25, 0.3) is 0 Å². The van der Waals surface area contributed by atoms with Gasteiger partial charge in [-0.05, 0) is 25.7 Å². The van der Waals surface area contributed by atoms with Crippen LogP contribution in [0.3, 0.4) is 0 Å². The number of carboxylic acids is 1. The van der Waals surface area contributed by atoms with Crippen molar-refractivity contribution in [1.82, 2.24) is 0 Å². The molecule has 0 saturated carbocycles. The van der Waals surface area contributed by atoms with Crippen molar-refractivity contribution >= 4 is 12.3 Å². The number of carbonyl (C=O) groups excluding carboxylic acids is 1. The molecule has 0 radical (unpaired) electrons. The summed E-state index contributed by atoms with van der Waals surface area (Å²) in [5.41, 5.74) is -0.867. The average molecular weight is 295 g/mol. The largest absolute Gasteiger partial charge is 0.481 e. The van der Waals surface area contributed by atoms with Crippen LogP contribution in [0.15, 0.2) is 23.8 Å². The lowest BCUT2D eigenvalue weighted by atomic mass is 9.83. The maximum Gasteiger partial charge on any atom is 0.313 e. The maximum absolute atomic E-state index is 11.0. The maximum atomic E-state index is 11.0. The van der Waals surface area contributed by atoms with E-state index in [4.69, 9.17) is 5.11 Å². The third kappa shape index (κ3) is 4.81. The molecule has 0 aromatic rings. The minimum absolute atomic E-state index is 0.123. The summed E-state index contributed by atoms with van der Waals surface area (Å²) in [6.07, 6.45) is 9.38. The second-order valence-electron chi connectivity index (χ2n) is 5.46. The molecule has 1 aliphatic carbocycles. The Morgan fingerprint density at radius 1 is 1.43 bits per heavy atom. The Morgan fingerprint density at radius 3 is 2.62 bits per heavy atom. The number of carbonyl (C=O) groups is 2. The first kappa shape index (κ1) is 17.1. The minimum atomic E-state index is -1.71. The van der Waals surface area contributed by atoms with Crippen molar-refractivity contribution in [1.29, 1.82) is 0 Å². The molecule has 0 fully saturated rings. The monoisotopic (exact) mass is 295 g/mol. The van der Waals surface area contributed by atoms with Crippen LogP contribution in [-0.2, 0) is 9.59 Å². The van der Waals surface area contributed by atoms with E-state index in [0.717, 1.165) is 31.3 Å². The van der Waals surface area contributed by atoms with Gasteiger partial charge in [0.1, 0.15) is 0 Å². The second kappa shape index (κ2) is 7.71.